The van der Waals surface area contributed by atoms with Crippen molar-refractivity contribution >= 4 is 21.7 Å². The minimum atomic E-state index is 0.666. The first-order valence-electron chi connectivity index (χ1n) is 13.9. The Labute approximate surface area is 239 Å². The Balaban J connectivity index is 1.38. The van der Waals surface area contributed by atoms with Crippen LogP contribution in [0.2, 0.25) is 0 Å². The molecule has 0 aliphatic heterocycles. The van der Waals surface area contributed by atoms with E-state index in [1.165, 1.54) is 38.9 Å². The molecular formula is C37H30N3O+. The van der Waals surface area contributed by atoms with E-state index < -0.39 is 0 Å². The van der Waals surface area contributed by atoms with Crippen LogP contribution in [0.15, 0.2) is 140 Å². The van der Waals surface area contributed by atoms with Crippen molar-refractivity contribution < 1.29 is 9.30 Å². The Hall–Kier alpha value is -5.22. The van der Waals surface area contributed by atoms with Gasteiger partial charge in [-0.3, -0.25) is 0 Å². The molecule has 0 radical (unpaired) electrons. The summed E-state index contributed by atoms with van der Waals surface area (Å²) in [6.45, 7) is 1.41. The summed E-state index contributed by atoms with van der Waals surface area (Å²) in [6.07, 6.45) is 2.25. The summed E-state index contributed by atoms with van der Waals surface area (Å²) in [6, 6.07) is 46.9. The number of imidazole rings is 1. The minimum Gasteiger partial charge on any atom is -0.497 e. The highest BCUT2D eigenvalue weighted by atomic mass is 16.5. The third kappa shape index (κ3) is 4.96. The monoisotopic (exact) mass is 532 g/mol. The van der Waals surface area contributed by atoms with Gasteiger partial charge >= 0.3 is 0 Å². The summed E-state index contributed by atoms with van der Waals surface area (Å²) in [4.78, 5) is 5.01. The van der Waals surface area contributed by atoms with E-state index in [4.69, 9.17) is 9.72 Å². The number of aromatic nitrogens is 3. The molecule has 7 rings (SSSR count). The molecule has 0 aliphatic carbocycles. The minimum absolute atomic E-state index is 0.666. The molecule has 0 N–H and O–H groups in total. The second-order valence-electron chi connectivity index (χ2n) is 10.3. The largest absolute Gasteiger partial charge is 0.497 e. The number of benzene rings is 5. The van der Waals surface area contributed by atoms with Crippen molar-refractivity contribution in [3.63, 3.8) is 0 Å². The molecule has 2 heterocycles. The zero-order chi connectivity index (χ0) is 27.6. The number of methoxy groups -OCH3 is 1. The molecule has 0 fully saturated rings. The van der Waals surface area contributed by atoms with Gasteiger partial charge in [-0.25, -0.2) is 14.1 Å². The van der Waals surface area contributed by atoms with Crippen LogP contribution in [0.1, 0.15) is 11.3 Å². The van der Waals surface area contributed by atoms with Crippen LogP contribution in [-0.4, -0.2) is 16.7 Å². The van der Waals surface area contributed by atoms with E-state index in [0.29, 0.717) is 6.54 Å². The van der Waals surface area contributed by atoms with E-state index in [-0.39, 0.29) is 0 Å². The molecular weight excluding hydrogens is 502 g/mol. The Morgan fingerprint density at radius 1 is 0.659 bits per heavy atom. The van der Waals surface area contributed by atoms with Crippen LogP contribution in [0.25, 0.3) is 44.2 Å². The SMILES string of the molecule is COc1ccc2cc(C[n+]3cn(Cc4ccc5ccccc5n4)c(-c4ccccc4)c3-c3ccccc3)ccc2c1. The van der Waals surface area contributed by atoms with E-state index in [1.807, 2.05) is 12.1 Å². The Bertz CT molecular complexity index is 1980. The lowest BCUT2D eigenvalue weighted by atomic mass is 10.0. The molecule has 0 saturated carbocycles. The summed E-state index contributed by atoms with van der Waals surface area (Å²) in [7, 11) is 1.71. The fourth-order valence-electron chi connectivity index (χ4n) is 5.66. The number of nitrogens with zero attached hydrogens (tertiary/aromatic N) is 3. The van der Waals surface area contributed by atoms with Gasteiger partial charge in [0.25, 0.3) is 0 Å². The lowest BCUT2D eigenvalue weighted by Gasteiger charge is -2.08. The van der Waals surface area contributed by atoms with Gasteiger partial charge in [-0.15, -0.1) is 0 Å². The van der Waals surface area contributed by atoms with E-state index in [0.717, 1.165) is 28.9 Å². The number of para-hydroxylation sites is 1. The van der Waals surface area contributed by atoms with Crippen LogP contribution < -0.4 is 9.30 Å². The summed E-state index contributed by atoms with van der Waals surface area (Å²) in [5.74, 6) is 0.873. The maximum absolute atomic E-state index is 5.43. The number of hydrogen-bond acceptors (Lipinski definition) is 2. The van der Waals surface area contributed by atoms with Crippen molar-refractivity contribution in [2.75, 3.05) is 7.11 Å². The van der Waals surface area contributed by atoms with Crippen molar-refractivity contribution in [3.05, 3.63) is 151 Å². The summed E-state index contributed by atoms with van der Waals surface area (Å²) in [5.41, 5.74) is 8.01. The van der Waals surface area contributed by atoms with Crippen molar-refractivity contribution in [1.29, 1.82) is 0 Å². The van der Waals surface area contributed by atoms with E-state index in [2.05, 4.69) is 137 Å². The highest BCUT2D eigenvalue weighted by Gasteiger charge is 2.27. The molecule has 0 aliphatic rings. The van der Waals surface area contributed by atoms with Gasteiger partial charge in [-0.2, -0.15) is 0 Å². The smallest absolute Gasteiger partial charge is 0.245 e. The van der Waals surface area contributed by atoms with Gasteiger partial charge in [0.2, 0.25) is 6.33 Å². The maximum Gasteiger partial charge on any atom is 0.245 e. The van der Waals surface area contributed by atoms with Crippen molar-refractivity contribution in [3.8, 4) is 28.3 Å². The second kappa shape index (κ2) is 10.7. The van der Waals surface area contributed by atoms with Gasteiger partial charge in [0.1, 0.15) is 18.8 Å². The molecule has 4 nitrogen and oxygen atoms in total. The second-order valence-corrected chi connectivity index (χ2v) is 10.3. The molecule has 0 saturated heterocycles. The molecule has 5 aromatic carbocycles. The van der Waals surface area contributed by atoms with Crippen LogP contribution >= 0.6 is 0 Å². The first kappa shape index (κ1) is 24.8. The fourth-order valence-corrected chi connectivity index (χ4v) is 5.66. The molecule has 0 bridgehead atoms. The van der Waals surface area contributed by atoms with Gasteiger partial charge in [0, 0.05) is 16.5 Å². The van der Waals surface area contributed by atoms with Crippen LogP contribution in [0.5, 0.6) is 5.75 Å². The zero-order valence-electron chi connectivity index (χ0n) is 22.9. The fraction of sp³-hybridized carbons (Fsp3) is 0.0811. The van der Waals surface area contributed by atoms with Gasteiger partial charge in [-0.05, 0) is 46.7 Å². The summed E-state index contributed by atoms with van der Waals surface area (Å²) in [5, 5.41) is 3.53. The average molecular weight is 533 g/mol. The molecule has 41 heavy (non-hydrogen) atoms. The molecule has 7 aromatic rings. The molecule has 0 amide bonds. The first-order chi connectivity index (χ1) is 20.2. The van der Waals surface area contributed by atoms with Gasteiger partial charge in [0.15, 0.2) is 11.4 Å². The van der Waals surface area contributed by atoms with E-state index in [1.54, 1.807) is 7.11 Å². The highest BCUT2D eigenvalue weighted by Crippen LogP contribution is 2.31. The van der Waals surface area contributed by atoms with Crippen LogP contribution in [0, 0.1) is 0 Å². The van der Waals surface area contributed by atoms with Crippen LogP contribution in [0.4, 0.5) is 0 Å². The predicted octanol–water partition coefficient (Wildman–Crippen LogP) is 7.92. The third-order valence-corrected chi connectivity index (χ3v) is 7.63. The normalized spacial score (nSPS) is 11.2. The molecule has 4 heteroatoms. The number of ether oxygens (including phenoxy) is 1. The maximum atomic E-state index is 5.43. The highest BCUT2D eigenvalue weighted by molar-refractivity contribution is 5.84. The van der Waals surface area contributed by atoms with Gasteiger partial charge in [0.05, 0.1) is 18.3 Å². The Morgan fingerprint density at radius 2 is 1.34 bits per heavy atom. The van der Waals surface area contributed by atoms with E-state index >= 15 is 0 Å². The number of rotatable bonds is 7. The molecule has 0 atom stereocenters. The van der Waals surface area contributed by atoms with Crippen LogP contribution in [0.3, 0.4) is 0 Å². The molecule has 2 aromatic heterocycles. The van der Waals surface area contributed by atoms with Crippen molar-refractivity contribution in [2.24, 2.45) is 0 Å². The third-order valence-electron chi connectivity index (χ3n) is 7.63. The number of pyridine rings is 1. The van der Waals surface area contributed by atoms with Crippen LogP contribution in [-0.2, 0) is 13.1 Å². The standard InChI is InChI=1S/C37H30N3O/c1-41-34-21-19-31-22-27(16-17-32(31)23-34)24-39-26-40(25-33-20-18-28-10-8-9-15-35(28)38-33)37(30-13-6-3-7-14-30)36(39)29-11-4-2-5-12-29/h2-23,26H,24-25H2,1H3/q+1. The summed E-state index contributed by atoms with van der Waals surface area (Å²) < 4.78 is 10.2. The Kier molecular flexibility index (Phi) is 6.50. The molecule has 198 valence electrons. The van der Waals surface area contributed by atoms with Gasteiger partial charge in [-0.1, -0.05) is 103 Å². The Morgan fingerprint density at radius 3 is 2.15 bits per heavy atom. The summed E-state index contributed by atoms with van der Waals surface area (Å²) >= 11 is 0. The van der Waals surface area contributed by atoms with Crippen molar-refractivity contribution in [2.45, 2.75) is 13.1 Å². The number of fused-ring (bicyclic) bond motifs is 2. The zero-order valence-corrected chi connectivity index (χ0v) is 22.9. The average Bonchev–Trinajstić information content (AvgIpc) is 3.38. The molecule has 0 unspecified atom stereocenters. The van der Waals surface area contributed by atoms with Crippen molar-refractivity contribution in [1.82, 2.24) is 9.55 Å². The predicted molar refractivity (Wildman–Crippen MR) is 166 cm³/mol. The quantitative estimate of drug-likeness (QED) is 0.195. The topological polar surface area (TPSA) is 30.9 Å². The van der Waals surface area contributed by atoms with Gasteiger partial charge < -0.3 is 4.74 Å². The molecule has 0 spiro atoms. The van der Waals surface area contributed by atoms with E-state index in [9.17, 15) is 0 Å². The number of hydrogen-bond donors (Lipinski definition) is 0. The lowest BCUT2D eigenvalue weighted by molar-refractivity contribution is -0.677. The lowest BCUT2D eigenvalue weighted by Crippen LogP contribution is -2.34. The first-order valence-corrected chi connectivity index (χ1v) is 13.9.